The maximum absolute atomic E-state index is 6.31. The monoisotopic (exact) mass is 400 g/mol. The number of halogens is 1. The lowest BCUT2D eigenvalue weighted by atomic mass is 10.1. The van der Waals surface area contributed by atoms with E-state index in [9.17, 15) is 0 Å². The second-order valence-electron chi connectivity index (χ2n) is 7.25. The summed E-state index contributed by atoms with van der Waals surface area (Å²) in [5.41, 5.74) is 2.92. The molecule has 8 nitrogen and oxygen atoms in total. The van der Waals surface area contributed by atoms with Gasteiger partial charge in [0, 0.05) is 60.8 Å². The molecular weight excluding hydrogens is 380 g/mol. The number of benzene rings is 1. The van der Waals surface area contributed by atoms with Crippen LogP contribution in [0, 0.1) is 0 Å². The number of nitrogens with zero attached hydrogens (tertiary/aromatic N) is 6. The minimum Gasteiger partial charge on any atom is -0.467 e. The molecular formula is C19H21ClN6O2. The van der Waals surface area contributed by atoms with Gasteiger partial charge in [-0.15, -0.1) is 10.2 Å². The quantitative estimate of drug-likeness (QED) is 0.668. The summed E-state index contributed by atoms with van der Waals surface area (Å²) >= 11 is 6.31. The van der Waals surface area contributed by atoms with Gasteiger partial charge in [0.1, 0.15) is 12.1 Å². The molecule has 2 aliphatic rings. The fourth-order valence-electron chi connectivity index (χ4n) is 4.05. The summed E-state index contributed by atoms with van der Waals surface area (Å²) in [6.45, 7) is 6.54. The molecule has 0 amide bonds. The second kappa shape index (κ2) is 7.20. The fourth-order valence-corrected chi connectivity index (χ4v) is 4.32. The summed E-state index contributed by atoms with van der Waals surface area (Å²) in [4.78, 5) is 9.29. The Morgan fingerprint density at radius 1 is 1.29 bits per heavy atom. The number of fused-ring (bicyclic) bond motifs is 2. The number of hydrogen-bond acceptors (Lipinski definition) is 7. The molecule has 0 bridgehead atoms. The van der Waals surface area contributed by atoms with Gasteiger partial charge >= 0.3 is 0 Å². The molecule has 1 saturated heterocycles. The minimum atomic E-state index is 0.292. The van der Waals surface area contributed by atoms with Crippen LogP contribution in [0.25, 0.3) is 5.65 Å². The molecule has 0 aliphatic carbocycles. The van der Waals surface area contributed by atoms with Crippen molar-refractivity contribution in [1.82, 2.24) is 24.5 Å². The third-order valence-corrected chi connectivity index (χ3v) is 5.54. The van der Waals surface area contributed by atoms with E-state index in [0.29, 0.717) is 19.4 Å². The van der Waals surface area contributed by atoms with Gasteiger partial charge in [0.25, 0.3) is 0 Å². The Morgan fingerprint density at radius 3 is 3.11 bits per heavy atom. The maximum Gasteiger partial charge on any atom is 0.203 e. The summed E-state index contributed by atoms with van der Waals surface area (Å²) in [6.07, 6.45) is 5.36. The molecule has 4 heterocycles. The lowest BCUT2D eigenvalue weighted by Crippen LogP contribution is -2.52. The molecule has 5 rings (SSSR count). The molecule has 2 aliphatic heterocycles. The number of ether oxygens (including phenoxy) is 2. The van der Waals surface area contributed by atoms with Gasteiger partial charge in [-0.3, -0.25) is 9.30 Å². The number of aromatic nitrogens is 4. The van der Waals surface area contributed by atoms with Gasteiger partial charge < -0.3 is 14.4 Å². The number of anilines is 1. The Bertz CT molecular complexity index is 1010. The molecule has 0 unspecified atom stereocenters. The normalized spacial score (nSPS) is 20.2. The zero-order valence-electron chi connectivity index (χ0n) is 15.6. The first-order valence-corrected chi connectivity index (χ1v) is 9.72. The first-order valence-electron chi connectivity index (χ1n) is 9.34. The van der Waals surface area contributed by atoms with Crippen LogP contribution < -0.4 is 9.64 Å². The van der Waals surface area contributed by atoms with E-state index in [-0.39, 0.29) is 0 Å². The summed E-state index contributed by atoms with van der Waals surface area (Å²) in [5.74, 6) is 1.80. The van der Waals surface area contributed by atoms with Gasteiger partial charge in [-0.25, -0.2) is 4.98 Å². The van der Waals surface area contributed by atoms with Crippen LogP contribution in [0.2, 0.25) is 5.02 Å². The molecule has 1 atom stereocenters. The number of hydrogen-bond donors (Lipinski definition) is 0. The van der Waals surface area contributed by atoms with E-state index < -0.39 is 0 Å². The molecule has 0 radical (unpaired) electrons. The summed E-state index contributed by atoms with van der Waals surface area (Å²) in [6, 6.07) is 4.22. The highest BCUT2D eigenvalue weighted by atomic mass is 35.5. The third-order valence-electron chi connectivity index (χ3n) is 5.33. The van der Waals surface area contributed by atoms with Crippen LogP contribution in [0.15, 0.2) is 30.9 Å². The predicted octanol–water partition coefficient (Wildman–Crippen LogP) is 2.35. The van der Waals surface area contributed by atoms with E-state index in [4.69, 9.17) is 21.1 Å². The molecule has 2 aromatic heterocycles. The Labute approximate surface area is 167 Å². The lowest BCUT2D eigenvalue weighted by molar-refractivity contribution is -0.0175. The van der Waals surface area contributed by atoms with Crippen molar-refractivity contribution in [2.75, 3.05) is 31.3 Å². The Morgan fingerprint density at radius 2 is 2.21 bits per heavy atom. The highest BCUT2D eigenvalue weighted by molar-refractivity contribution is 6.30. The lowest BCUT2D eigenvalue weighted by Gasteiger charge is -2.40. The molecule has 9 heteroatoms. The van der Waals surface area contributed by atoms with E-state index in [1.807, 2.05) is 22.7 Å². The van der Waals surface area contributed by atoms with Crippen LogP contribution in [0.4, 0.5) is 5.82 Å². The van der Waals surface area contributed by atoms with E-state index in [1.165, 1.54) is 0 Å². The van der Waals surface area contributed by atoms with Gasteiger partial charge in [0.15, 0.2) is 12.6 Å². The van der Waals surface area contributed by atoms with E-state index >= 15 is 0 Å². The van der Waals surface area contributed by atoms with Crippen molar-refractivity contribution in [3.63, 3.8) is 0 Å². The van der Waals surface area contributed by atoms with Crippen molar-refractivity contribution in [2.24, 2.45) is 0 Å². The standard InChI is InChI=1S/C19H21ClN6O2/c1-13-8-24(9-14-6-16(20)7-15-10-27-12-28-17(14)15)4-5-26(13)18-19-23-22-11-25(19)3-2-21-18/h2-3,6-7,11,13H,4-5,8-10,12H2,1H3/t13-/m1/s1. The summed E-state index contributed by atoms with van der Waals surface area (Å²) in [7, 11) is 0. The number of rotatable bonds is 3. The summed E-state index contributed by atoms with van der Waals surface area (Å²) < 4.78 is 13.0. The van der Waals surface area contributed by atoms with Crippen molar-refractivity contribution in [3.05, 3.63) is 47.0 Å². The molecule has 146 valence electrons. The van der Waals surface area contributed by atoms with Crippen LogP contribution >= 0.6 is 11.6 Å². The topological polar surface area (TPSA) is 68.0 Å². The van der Waals surface area contributed by atoms with Gasteiger partial charge in [0.05, 0.1) is 6.61 Å². The molecule has 28 heavy (non-hydrogen) atoms. The first kappa shape index (κ1) is 17.7. The van der Waals surface area contributed by atoms with Gasteiger partial charge in [0.2, 0.25) is 5.65 Å². The van der Waals surface area contributed by atoms with Crippen molar-refractivity contribution in [2.45, 2.75) is 26.1 Å². The van der Waals surface area contributed by atoms with Crippen LogP contribution in [0.5, 0.6) is 5.75 Å². The Balaban J connectivity index is 1.34. The average molecular weight is 401 g/mol. The van der Waals surface area contributed by atoms with E-state index in [2.05, 4.69) is 31.9 Å². The van der Waals surface area contributed by atoms with E-state index in [1.54, 1.807) is 12.5 Å². The Kier molecular flexibility index (Phi) is 4.54. The van der Waals surface area contributed by atoms with Crippen molar-refractivity contribution in [1.29, 1.82) is 0 Å². The largest absolute Gasteiger partial charge is 0.467 e. The average Bonchev–Trinajstić information content (AvgIpc) is 3.17. The molecule has 0 saturated carbocycles. The zero-order valence-corrected chi connectivity index (χ0v) is 16.3. The van der Waals surface area contributed by atoms with Crippen LogP contribution in [-0.2, 0) is 17.9 Å². The molecule has 3 aromatic rings. The predicted molar refractivity (Wildman–Crippen MR) is 105 cm³/mol. The van der Waals surface area contributed by atoms with E-state index in [0.717, 1.165) is 59.5 Å². The fraction of sp³-hybridized carbons (Fsp3) is 0.421. The third kappa shape index (κ3) is 3.17. The van der Waals surface area contributed by atoms with Crippen molar-refractivity contribution < 1.29 is 9.47 Å². The molecule has 1 fully saturated rings. The number of piperazine rings is 1. The highest BCUT2D eigenvalue weighted by Gasteiger charge is 2.28. The Hall–Kier alpha value is -2.42. The van der Waals surface area contributed by atoms with Gasteiger partial charge in [-0.1, -0.05) is 11.6 Å². The smallest absolute Gasteiger partial charge is 0.203 e. The second-order valence-corrected chi connectivity index (χ2v) is 7.69. The van der Waals surface area contributed by atoms with Gasteiger partial charge in [-0.2, -0.15) is 0 Å². The summed E-state index contributed by atoms with van der Waals surface area (Å²) in [5, 5.41) is 8.95. The maximum atomic E-state index is 6.31. The molecule has 0 N–H and O–H groups in total. The molecule has 1 aromatic carbocycles. The van der Waals surface area contributed by atoms with Crippen molar-refractivity contribution in [3.8, 4) is 5.75 Å². The van der Waals surface area contributed by atoms with Crippen LogP contribution in [0.3, 0.4) is 0 Å². The highest BCUT2D eigenvalue weighted by Crippen LogP contribution is 2.33. The SMILES string of the molecule is C[C@@H]1CN(Cc2cc(Cl)cc3c2OCOC3)CCN1c1nccn2cnnc12. The minimum absolute atomic E-state index is 0.292. The molecule has 0 spiro atoms. The van der Waals surface area contributed by atoms with Crippen molar-refractivity contribution >= 4 is 23.1 Å². The van der Waals surface area contributed by atoms with Crippen LogP contribution in [0.1, 0.15) is 18.1 Å². The first-order chi connectivity index (χ1) is 13.7. The van der Waals surface area contributed by atoms with Crippen LogP contribution in [-0.4, -0.2) is 57.0 Å². The van der Waals surface area contributed by atoms with Gasteiger partial charge in [-0.05, 0) is 19.1 Å². The zero-order chi connectivity index (χ0) is 19.1.